The van der Waals surface area contributed by atoms with Gasteiger partial charge < -0.3 is 0 Å². The molecule has 2 unspecified atom stereocenters. The SMILES string of the molecule is C[Si](C)(C1=CC=C2CCCCC21)C1=C2CCCCC2C=C1. The maximum Gasteiger partial charge on any atom is 0.108 e. The fraction of sp³-hybridized carbons (Fsp3) is 0.600. The third-order valence-corrected chi connectivity index (χ3v) is 10.2. The third kappa shape index (κ3) is 2.16. The Labute approximate surface area is 130 Å². The lowest BCUT2D eigenvalue weighted by Crippen LogP contribution is -2.36. The summed E-state index contributed by atoms with van der Waals surface area (Å²) in [5.74, 6) is 1.63. The van der Waals surface area contributed by atoms with Crippen molar-refractivity contribution in [2.24, 2.45) is 11.8 Å². The van der Waals surface area contributed by atoms with Crippen molar-refractivity contribution in [2.45, 2.75) is 64.5 Å². The van der Waals surface area contributed by atoms with E-state index in [2.05, 4.69) is 37.4 Å². The second-order valence-corrected chi connectivity index (χ2v) is 12.3. The predicted molar refractivity (Wildman–Crippen MR) is 93.7 cm³/mol. The fourth-order valence-corrected chi connectivity index (χ4v) is 8.86. The Morgan fingerprint density at radius 3 is 2.67 bits per heavy atom. The van der Waals surface area contributed by atoms with Crippen LogP contribution in [0.5, 0.6) is 0 Å². The van der Waals surface area contributed by atoms with E-state index < -0.39 is 8.07 Å². The lowest BCUT2D eigenvalue weighted by atomic mass is 9.86. The molecule has 0 N–H and O–H groups in total. The van der Waals surface area contributed by atoms with Gasteiger partial charge in [-0.15, -0.1) is 0 Å². The van der Waals surface area contributed by atoms with Gasteiger partial charge >= 0.3 is 0 Å². The number of rotatable bonds is 2. The first-order valence-corrected chi connectivity index (χ1v) is 12.0. The highest BCUT2D eigenvalue weighted by Crippen LogP contribution is 2.48. The van der Waals surface area contributed by atoms with Crippen molar-refractivity contribution in [1.82, 2.24) is 0 Å². The smallest absolute Gasteiger partial charge is 0.0774 e. The van der Waals surface area contributed by atoms with E-state index in [1.165, 1.54) is 51.4 Å². The number of fused-ring (bicyclic) bond motifs is 2. The molecule has 112 valence electrons. The van der Waals surface area contributed by atoms with Crippen LogP contribution in [0.3, 0.4) is 0 Å². The molecule has 4 aliphatic rings. The van der Waals surface area contributed by atoms with Crippen molar-refractivity contribution in [3.8, 4) is 0 Å². The van der Waals surface area contributed by atoms with Crippen molar-refractivity contribution < 1.29 is 0 Å². The van der Waals surface area contributed by atoms with Crippen molar-refractivity contribution in [2.75, 3.05) is 0 Å². The Morgan fingerprint density at radius 1 is 0.952 bits per heavy atom. The second kappa shape index (κ2) is 5.12. The molecule has 0 aromatic carbocycles. The zero-order chi connectivity index (χ0) is 14.4. The van der Waals surface area contributed by atoms with Crippen LogP contribution in [0, 0.1) is 11.8 Å². The molecule has 0 aromatic rings. The quantitative estimate of drug-likeness (QED) is 0.558. The van der Waals surface area contributed by atoms with Gasteiger partial charge in [-0.1, -0.05) is 71.8 Å². The average molecular weight is 297 g/mol. The van der Waals surface area contributed by atoms with E-state index in [0.29, 0.717) is 0 Å². The van der Waals surface area contributed by atoms with Crippen LogP contribution in [-0.2, 0) is 0 Å². The summed E-state index contributed by atoms with van der Waals surface area (Å²) >= 11 is 0. The number of hydrogen-bond donors (Lipinski definition) is 0. The summed E-state index contributed by atoms with van der Waals surface area (Å²) in [4.78, 5) is 0. The largest absolute Gasteiger partial charge is 0.108 e. The molecule has 4 aliphatic carbocycles. The van der Waals surface area contributed by atoms with Gasteiger partial charge in [-0.05, 0) is 50.4 Å². The Bertz CT molecular complexity index is 571. The molecule has 21 heavy (non-hydrogen) atoms. The van der Waals surface area contributed by atoms with Crippen LogP contribution in [0.1, 0.15) is 51.4 Å². The van der Waals surface area contributed by atoms with Gasteiger partial charge in [0, 0.05) is 0 Å². The van der Waals surface area contributed by atoms with E-state index >= 15 is 0 Å². The van der Waals surface area contributed by atoms with Gasteiger partial charge in [-0.3, -0.25) is 0 Å². The van der Waals surface area contributed by atoms with Gasteiger partial charge in [0.05, 0.1) is 0 Å². The first-order valence-electron chi connectivity index (χ1n) is 9.01. The minimum absolute atomic E-state index is 0.807. The lowest BCUT2D eigenvalue weighted by Gasteiger charge is -2.35. The minimum Gasteiger partial charge on any atom is -0.0774 e. The van der Waals surface area contributed by atoms with E-state index in [-0.39, 0.29) is 0 Å². The molecule has 0 saturated heterocycles. The van der Waals surface area contributed by atoms with Gasteiger partial charge in [-0.2, -0.15) is 0 Å². The van der Waals surface area contributed by atoms with Crippen LogP contribution in [0.25, 0.3) is 0 Å². The molecule has 4 rings (SSSR count). The van der Waals surface area contributed by atoms with Gasteiger partial charge in [0.2, 0.25) is 0 Å². The molecule has 0 amide bonds. The molecule has 0 radical (unpaired) electrons. The summed E-state index contributed by atoms with van der Waals surface area (Å²) in [5.41, 5.74) is 3.59. The van der Waals surface area contributed by atoms with E-state index in [0.717, 1.165) is 11.8 Å². The van der Waals surface area contributed by atoms with Crippen LogP contribution in [0.2, 0.25) is 13.1 Å². The molecule has 0 bridgehead atoms. The predicted octanol–water partition coefficient (Wildman–Crippen LogP) is 5.89. The molecule has 0 nitrogen and oxygen atoms in total. The summed E-state index contributed by atoms with van der Waals surface area (Å²) < 4.78 is 0. The Balaban J connectivity index is 1.67. The topological polar surface area (TPSA) is 0 Å². The molecule has 1 heteroatoms. The monoisotopic (exact) mass is 296 g/mol. The Hall–Kier alpha value is -0.823. The fourth-order valence-electron chi connectivity index (χ4n) is 5.22. The number of hydrogen-bond acceptors (Lipinski definition) is 0. The molecular weight excluding hydrogens is 268 g/mol. The molecule has 0 spiro atoms. The standard InChI is InChI=1S/C20H28Si/c1-21(2,19-13-11-15-7-3-5-9-17(15)19)20-14-12-16-8-4-6-10-18(16)20/h11-15,18H,3-10H2,1-2H3. The first kappa shape index (κ1) is 13.8. The molecule has 2 fully saturated rings. The molecule has 0 heterocycles. The first-order chi connectivity index (χ1) is 10.2. The Morgan fingerprint density at radius 2 is 1.76 bits per heavy atom. The molecular formula is C20H28Si. The summed E-state index contributed by atoms with van der Waals surface area (Å²) in [6.07, 6.45) is 21.4. The zero-order valence-corrected chi connectivity index (χ0v) is 14.6. The summed E-state index contributed by atoms with van der Waals surface area (Å²) in [6.45, 7) is 5.24. The highest BCUT2D eigenvalue weighted by atomic mass is 28.3. The highest BCUT2D eigenvalue weighted by Gasteiger charge is 2.41. The van der Waals surface area contributed by atoms with Crippen molar-refractivity contribution in [3.63, 3.8) is 0 Å². The van der Waals surface area contributed by atoms with Crippen molar-refractivity contribution in [3.05, 3.63) is 45.8 Å². The van der Waals surface area contributed by atoms with Crippen LogP contribution in [-0.4, -0.2) is 8.07 Å². The molecule has 0 aromatic heterocycles. The van der Waals surface area contributed by atoms with E-state index in [4.69, 9.17) is 0 Å². The van der Waals surface area contributed by atoms with Gasteiger partial charge in [-0.25, -0.2) is 0 Å². The van der Waals surface area contributed by atoms with Crippen LogP contribution >= 0.6 is 0 Å². The molecule has 0 aliphatic heterocycles. The zero-order valence-electron chi connectivity index (χ0n) is 13.6. The minimum atomic E-state index is -1.45. The van der Waals surface area contributed by atoms with Crippen LogP contribution in [0.4, 0.5) is 0 Å². The summed E-state index contributed by atoms with van der Waals surface area (Å²) in [7, 11) is -1.45. The van der Waals surface area contributed by atoms with E-state index in [1.807, 2.05) is 10.8 Å². The van der Waals surface area contributed by atoms with Crippen LogP contribution in [0.15, 0.2) is 45.8 Å². The van der Waals surface area contributed by atoms with Crippen molar-refractivity contribution >= 4 is 8.07 Å². The van der Waals surface area contributed by atoms with Gasteiger partial charge in [0.1, 0.15) is 8.07 Å². The normalized spacial score (nSPS) is 31.9. The van der Waals surface area contributed by atoms with E-state index in [1.54, 1.807) is 10.8 Å². The summed E-state index contributed by atoms with van der Waals surface area (Å²) in [6, 6.07) is 0. The van der Waals surface area contributed by atoms with Gasteiger partial charge in [0.15, 0.2) is 0 Å². The molecule has 2 saturated carbocycles. The maximum absolute atomic E-state index is 2.62. The molecule has 2 atom stereocenters. The lowest BCUT2D eigenvalue weighted by molar-refractivity contribution is 0.517. The number of allylic oxidation sites excluding steroid dienone is 8. The third-order valence-electron chi connectivity index (χ3n) is 6.40. The van der Waals surface area contributed by atoms with E-state index in [9.17, 15) is 0 Å². The average Bonchev–Trinajstić information content (AvgIpc) is 3.12. The second-order valence-electron chi connectivity index (χ2n) is 7.94. The summed E-state index contributed by atoms with van der Waals surface area (Å²) in [5, 5.41) is 3.65. The Kier molecular flexibility index (Phi) is 3.37. The highest BCUT2D eigenvalue weighted by molar-refractivity contribution is 6.91. The maximum atomic E-state index is 2.62. The van der Waals surface area contributed by atoms with Crippen molar-refractivity contribution in [1.29, 1.82) is 0 Å². The van der Waals surface area contributed by atoms with Gasteiger partial charge in [0.25, 0.3) is 0 Å². The van der Waals surface area contributed by atoms with Crippen LogP contribution < -0.4 is 0 Å².